The first-order valence-corrected chi connectivity index (χ1v) is 10.0. The SMILES string of the molecule is O=C1C(=O)N(Cc2ccco2)C(c2ccc(Cl)cc2Cl)/C1=C(/O)c1cccc([N+](=O)[O-])c1. The first-order valence-electron chi connectivity index (χ1n) is 9.28. The van der Waals surface area contributed by atoms with E-state index in [1.807, 2.05) is 0 Å². The lowest BCUT2D eigenvalue weighted by Crippen LogP contribution is -2.29. The molecular formula is C22H14Cl2N2O6. The van der Waals surface area contributed by atoms with Crippen LogP contribution in [0.1, 0.15) is 22.9 Å². The number of non-ortho nitro benzene ring substituents is 1. The molecule has 1 atom stereocenters. The number of furan rings is 1. The summed E-state index contributed by atoms with van der Waals surface area (Å²) in [5, 5.41) is 22.7. The Labute approximate surface area is 191 Å². The summed E-state index contributed by atoms with van der Waals surface area (Å²) in [5.41, 5.74) is -0.148. The fourth-order valence-corrected chi connectivity index (χ4v) is 4.09. The Hall–Kier alpha value is -3.62. The molecule has 3 aromatic rings. The van der Waals surface area contributed by atoms with Crippen molar-refractivity contribution in [1.82, 2.24) is 4.90 Å². The molecule has 1 unspecified atom stereocenters. The van der Waals surface area contributed by atoms with Gasteiger partial charge in [-0.05, 0) is 29.8 Å². The number of aliphatic hydroxyl groups is 1. The number of nitro benzene ring substituents is 1. The van der Waals surface area contributed by atoms with E-state index in [0.717, 1.165) is 6.07 Å². The van der Waals surface area contributed by atoms with Gasteiger partial charge in [0.15, 0.2) is 0 Å². The lowest BCUT2D eigenvalue weighted by Gasteiger charge is -2.25. The number of ketones is 1. The van der Waals surface area contributed by atoms with E-state index in [-0.39, 0.29) is 28.4 Å². The molecule has 2 aromatic carbocycles. The second-order valence-corrected chi connectivity index (χ2v) is 7.82. The maximum absolute atomic E-state index is 13.0. The molecule has 0 saturated carbocycles. The van der Waals surface area contributed by atoms with E-state index in [9.17, 15) is 24.8 Å². The molecule has 1 saturated heterocycles. The van der Waals surface area contributed by atoms with Gasteiger partial charge in [0, 0.05) is 27.7 Å². The Bertz CT molecular complexity index is 1270. The Morgan fingerprint density at radius 3 is 2.56 bits per heavy atom. The fraction of sp³-hybridized carbons (Fsp3) is 0.0909. The van der Waals surface area contributed by atoms with Crippen LogP contribution in [-0.2, 0) is 16.1 Å². The summed E-state index contributed by atoms with van der Waals surface area (Å²) < 4.78 is 5.32. The van der Waals surface area contributed by atoms with Crippen LogP contribution in [0.4, 0.5) is 5.69 Å². The van der Waals surface area contributed by atoms with Gasteiger partial charge in [0.25, 0.3) is 17.4 Å². The number of halogens is 2. The number of hydrogen-bond acceptors (Lipinski definition) is 6. The normalized spacial score (nSPS) is 17.7. The average molecular weight is 473 g/mol. The summed E-state index contributed by atoms with van der Waals surface area (Å²) in [7, 11) is 0. The lowest BCUT2D eigenvalue weighted by molar-refractivity contribution is -0.384. The number of nitrogens with zero attached hydrogens (tertiary/aromatic N) is 2. The summed E-state index contributed by atoms with van der Waals surface area (Å²) >= 11 is 12.4. The van der Waals surface area contributed by atoms with Crippen LogP contribution in [-0.4, -0.2) is 26.6 Å². The molecule has 10 heteroatoms. The van der Waals surface area contributed by atoms with Crippen LogP contribution in [0, 0.1) is 10.1 Å². The third kappa shape index (κ3) is 3.86. The molecule has 1 N–H and O–H groups in total. The molecule has 162 valence electrons. The standard InChI is InChI=1S/C22H14Cl2N2O6/c23-13-6-7-16(17(24)10-13)19-18(20(27)12-3-1-4-14(9-12)26(30)31)21(28)22(29)25(19)11-15-5-2-8-32-15/h1-10,19,27H,11H2/b20-18-. The van der Waals surface area contributed by atoms with E-state index < -0.39 is 28.4 Å². The number of benzene rings is 2. The number of carbonyl (C=O) groups is 2. The molecule has 0 bridgehead atoms. The van der Waals surface area contributed by atoms with Gasteiger partial charge in [-0.15, -0.1) is 0 Å². The minimum absolute atomic E-state index is 0.0188. The summed E-state index contributed by atoms with van der Waals surface area (Å²) in [6.07, 6.45) is 1.43. The first kappa shape index (κ1) is 21.6. The van der Waals surface area contributed by atoms with Gasteiger partial charge >= 0.3 is 0 Å². The van der Waals surface area contributed by atoms with Gasteiger partial charge in [-0.3, -0.25) is 19.7 Å². The third-order valence-corrected chi connectivity index (χ3v) is 5.60. The number of carbonyl (C=O) groups excluding carboxylic acids is 2. The van der Waals surface area contributed by atoms with Crippen LogP contribution in [0.25, 0.3) is 5.76 Å². The molecule has 32 heavy (non-hydrogen) atoms. The molecule has 4 rings (SSSR count). The maximum Gasteiger partial charge on any atom is 0.296 e. The molecule has 1 fully saturated rings. The van der Waals surface area contributed by atoms with Crippen molar-refractivity contribution in [2.45, 2.75) is 12.6 Å². The maximum atomic E-state index is 13.0. The molecule has 0 radical (unpaired) electrons. The second-order valence-electron chi connectivity index (χ2n) is 6.98. The van der Waals surface area contributed by atoms with Crippen molar-refractivity contribution in [1.29, 1.82) is 0 Å². The Kier molecular flexibility index (Phi) is 5.73. The molecule has 1 aliphatic rings. The predicted octanol–water partition coefficient (Wildman–Crippen LogP) is 5.12. The van der Waals surface area contributed by atoms with Crippen molar-refractivity contribution in [2.24, 2.45) is 0 Å². The monoisotopic (exact) mass is 472 g/mol. The van der Waals surface area contributed by atoms with Crippen LogP contribution >= 0.6 is 23.2 Å². The number of amides is 1. The van der Waals surface area contributed by atoms with Crippen LogP contribution in [0.2, 0.25) is 10.0 Å². The zero-order valence-electron chi connectivity index (χ0n) is 16.2. The summed E-state index contributed by atoms with van der Waals surface area (Å²) in [4.78, 5) is 37.7. The first-order chi connectivity index (χ1) is 15.3. The molecule has 0 aliphatic carbocycles. The zero-order chi connectivity index (χ0) is 23.0. The van der Waals surface area contributed by atoms with Gasteiger partial charge in [0.2, 0.25) is 0 Å². The van der Waals surface area contributed by atoms with Crippen molar-refractivity contribution in [2.75, 3.05) is 0 Å². The van der Waals surface area contributed by atoms with E-state index in [2.05, 4.69) is 0 Å². The third-order valence-electron chi connectivity index (χ3n) is 5.03. The van der Waals surface area contributed by atoms with Crippen LogP contribution in [0.15, 0.2) is 70.9 Å². The quantitative estimate of drug-likeness (QED) is 0.181. The number of rotatable bonds is 5. The molecule has 1 aliphatic heterocycles. The van der Waals surface area contributed by atoms with E-state index in [1.54, 1.807) is 24.3 Å². The Morgan fingerprint density at radius 1 is 1.12 bits per heavy atom. The molecule has 1 aromatic heterocycles. The highest BCUT2D eigenvalue weighted by Crippen LogP contribution is 2.43. The largest absolute Gasteiger partial charge is 0.507 e. The predicted molar refractivity (Wildman–Crippen MR) is 116 cm³/mol. The summed E-state index contributed by atoms with van der Waals surface area (Å²) in [5.74, 6) is -1.96. The molecule has 2 heterocycles. The average Bonchev–Trinajstić information content (AvgIpc) is 3.36. The van der Waals surface area contributed by atoms with Crippen molar-refractivity contribution >= 4 is 46.3 Å². The van der Waals surface area contributed by atoms with Gasteiger partial charge in [-0.1, -0.05) is 41.4 Å². The van der Waals surface area contributed by atoms with Crippen molar-refractivity contribution in [3.63, 3.8) is 0 Å². The minimum atomic E-state index is -1.07. The number of aliphatic hydroxyl groups excluding tert-OH is 1. The number of hydrogen-bond donors (Lipinski definition) is 1. The van der Waals surface area contributed by atoms with E-state index in [0.29, 0.717) is 16.3 Å². The summed E-state index contributed by atoms with van der Waals surface area (Å²) in [6.45, 7) is -0.0626. The second kappa shape index (κ2) is 8.49. The van der Waals surface area contributed by atoms with Gasteiger partial charge < -0.3 is 14.4 Å². The number of nitro groups is 1. The Balaban J connectivity index is 1.91. The molecule has 0 spiro atoms. The molecule has 8 nitrogen and oxygen atoms in total. The van der Waals surface area contributed by atoms with Gasteiger partial charge in [-0.25, -0.2) is 0 Å². The Morgan fingerprint density at radius 2 is 1.91 bits per heavy atom. The van der Waals surface area contributed by atoms with E-state index in [4.69, 9.17) is 27.6 Å². The minimum Gasteiger partial charge on any atom is -0.507 e. The lowest BCUT2D eigenvalue weighted by atomic mass is 9.95. The topological polar surface area (TPSA) is 114 Å². The highest BCUT2D eigenvalue weighted by Gasteiger charge is 2.47. The fourth-order valence-electron chi connectivity index (χ4n) is 3.58. The molecular weight excluding hydrogens is 459 g/mol. The van der Waals surface area contributed by atoms with Crippen molar-refractivity contribution in [3.05, 3.63) is 103 Å². The van der Waals surface area contributed by atoms with Crippen molar-refractivity contribution < 1.29 is 24.0 Å². The van der Waals surface area contributed by atoms with Crippen LogP contribution in [0.5, 0.6) is 0 Å². The van der Waals surface area contributed by atoms with Crippen LogP contribution in [0.3, 0.4) is 0 Å². The highest BCUT2D eigenvalue weighted by atomic mass is 35.5. The number of likely N-dealkylation sites (tertiary alicyclic amines) is 1. The van der Waals surface area contributed by atoms with Crippen LogP contribution < -0.4 is 0 Å². The van der Waals surface area contributed by atoms with Gasteiger partial charge in [0.05, 0.1) is 29.3 Å². The van der Waals surface area contributed by atoms with Crippen molar-refractivity contribution in [3.8, 4) is 0 Å². The van der Waals surface area contributed by atoms with Gasteiger partial charge in [-0.2, -0.15) is 0 Å². The van der Waals surface area contributed by atoms with Gasteiger partial charge in [0.1, 0.15) is 11.5 Å². The van der Waals surface area contributed by atoms with E-state index >= 15 is 0 Å². The smallest absolute Gasteiger partial charge is 0.296 e. The molecule has 1 amide bonds. The highest BCUT2D eigenvalue weighted by molar-refractivity contribution is 6.47. The summed E-state index contributed by atoms with van der Waals surface area (Å²) in [6, 6.07) is 11.9. The zero-order valence-corrected chi connectivity index (χ0v) is 17.7. The number of Topliss-reactive ketones (excluding diaryl/α,β-unsaturated/α-hetero) is 1. The van der Waals surface area contributed by atoms with E-state index in [1.165, 1.54) is 35.4 Å².